The summed E-state index contributed by atoms with van der Waals surface area (Å²) in [7, 11) is 0. The van der Waals surface area contributed by atoms with Gasteiger partial charge in [0.2, 0.25) is 0 Å². The highest BCUT2D eigenvalue weighted by Crippen LogP contribution is 2.19. The van der Waals surface area contributed by atoms with Crippen molar-refractivity contribution in [3.63, 3.8) is 0 Å². The molecule has 0 aliphatic carbocycles. The standard InChI is InChI=1S/C12H12BrIN2O/c1-2-9(5-6-15)16-12(17)10-7-8(14)3-4-11(10)13/h3-4,7,9H,2,5H2,1H3,(H,16,17). The Bertz CT molecular complexity index is 456. The minimum absolute atomic E-state index is 0.0859. The van der Waals surface area contributed by atoms with Crippen LogP contribution in [0.5, 0.6) is 0 Å². The summed E-state index contributed by atoms with van der Waals surface area (Å²) in [6, 6.07) is 7.58. The van der Waals surface area contributed by atoms with Crippen LogP contribution in [0.4, 0.5) is 0 Å². The molecule has 0 radical (unpaired) electrons. The van der Waals surface area contributed by atoms with Gasteiger partial charge < -0.3 is 5.32 Å². The molecule has 90 valence electrons. The molecule has 1 aromatic carbocycles. The summed E-state index contributed by atoms with van der Waals surface area (Å²) < 4.78 is 1.77. The average molecular weight is 407 g/mol. The number of nitriles is 1. The summed E-state index contributed by atoms with van der Waals surface area (Å²) >= 11 is 5.51. The molecule has 1 atom stereocenters. The zero-order valence-electron chi connectivity index (χ0n) is 9.34. The van der Waals surface area contributed by atoms with Crippen LogP contribution in [0.15, 0.2) is 22.7 Å². The van der Waals surface area contributed by atoms with Gasteiger partial charge in [-0.3, -0.25) is 4.79 Å². The smallest absolute Gasteiger partial charge is 0.252 e. The third-order valence-corrected chi connectivity index (χ3v) is 3.70. The van der Waals surface area contributed by atoms with E-state index in [-0.39, 0.29) is 11.9 Å². The monoisotopic (exact) mass is 406 g/mol. The van der Waals surface area contributed by atoms with Gasteiger partial charge in [0.1, 0.15) is 0 Å². The summed E-state index contributed by atoms with van der Waals surface area (Å²) in [5.41, 5.74) is 0.605. The van der Waals surface area contributed by atoms with Crippen LogP contribution in [-0.4, -0.2) is 11.9 Å². The Morgan fingerprint density at radius 1 is 1.65 bits per heavy atom. The zero-order valence-corrected chi connectivity index (χ0v) is 13.1. The Balaban J connectivity index is 2.82. The molecule has 3 nitrogen and oxygen atoms in total. The van der Waals surface area contributed by atoms with Gasteiger partial charge in [0.15, 0.2) is 0 Å². The maximum atomic E-state index is 12.0. The van der Waals surface area contributed by atoms with E-state index in [0.717, 1.165) is 14.5 Å². The van der Waals surface area contributed by atoms with Gasteiger partial charge in [-0.05, 0) is 63.1 Å². The summed E-state index contributed by atoms with van der Waals surface area (Å²) in [5.74, 6) is -0.141. The number of carbonyl (C=O) groups excluding carboxylic acids is 1. The number of hydrogen-bond acceptors (Lipinski definition) is 2. The lowest BCUT2D eigenvalue weighted by atomic mass is 10.1. The Labute approximate surface area is 123 Å². The summed E-state index contributed by atoms with van der Waals surface area (Å²) in [5, 5.41) is 11.5. The lowest BCUT2D eigenvalue weighted by Crippen LogP contribution is -2.34. The van der Waals surface area contributed by atoms with E-state index in [4.69, 9.17) is 5.26 Å². The number of nitrogens with one attached hydrogen (secondary N) is 1. The van der Waals surface area contributed by atoms with E-state index in [1.165, 1.54) is 0 Å². The number of hydrogen-bond donors (Lipinski definition) is 1. The largest absolute Gasteiger partial charge is 0.348 e. The van der Waals surface area contributed by atoms with E-state index in [9.17, 15) is 4.79 Å². The highest BCUT2D eigenvalue weighted by Gasteiger charge is 2.14. The van der Waals surface area contributed by atoms with Crippen molar-refractivity contribution in [3.05, 3.63) is 31.8 Å². The van der Waals surface area contributed by atoms with E-state index < -0.39 is 0 Å². The minimum Gasteiger partial charge on any atom is -0.348 e. The molecule has 1 rings (SSSR count). The van der Waals surface area contributed by atoms with Gasteiger partial charge in [0, 0.05) is 14.1 Å². The first-order chi connectivity index (χ1) is 8.08. The van der Waals surface area contributed by atoms with Crippen molar-refractivity contribution in [2.24, 2.45) is 0 Å². The lowest BCUT2D eigenvalue weighted by molar-refractivity contribution is 0.0936. The highest BCUT2D eigenvalue weighted by molar-refractivity contribution is 14.1. The van der Waals surface area contributed by atoms with Crippen LogP contribution in [0.3, 0.4) is 0 Å². The fourth-order valence-electron chi connectivity index (χ4n) is 1.34. The summed E-state index contributed by atoms with van der Waals surface area (Å²) in [6.45, 7) is 1.95. The molecule has 1 N–H and O–H groups in total. The van der Waals surface area contributed by atoms with E-state index in [1.54, 1.807) is 0 Å². The van der Waals surface area contributed by atoms with Gasteiger partial charge in [0.25, 0.3) is 5.91 Å². The second-order valence-electron chi connectivity index (χ2n) is 3.57. The number of carbonyl (C=O) groups is 1. The van der Waals surface area contributed by atoms with Crippen molar-refractivity contribution in [1.82, 2.24) is 5.32 Å². The SMILES string of the molecule is CCC(CC#N)NC(=O)c1cc(I)ccc1Br. The Kier molecular flexibility index (Phi) is 5.92. The maximum absolute atomic E-state index is 12.0. The number of amides is 1. The van der Waals surface area contributed by atoms with Gasteiger partial charge in [-0.2, -0.15) is 5.26 Å². The van der Waals surface area contributed by atoms with E-state index in [0.29, 0.717) is 12.0 Å². The highest BCUT2D eigenvalue weighted by atomic mass is 127. The first kappa shape index (κ1) is 14.5. The van der Waals surface area contributed by atoms with Crippen LogP contribution in [0.1, 0.15) is 30.1 Å². The van der Waals surface area contributed by atoms with Gasteiger partial charge >= 0.3 is 0 Å². The van der Waals surface area contributed by atoms with Crippen LogP contribution >= 0.6 is 38.5 Å². The second kappa shape index (κ2) is 6.97. The van der Waals surface area contributed by atoms with Crippen molar-refractivity contribution in [2.75, 3.05) is 0 Å². The number of rotatable bonds is 4. The normalized spacial score (nSPS) is 11.6. The molecule has 0 spiro atoms. The molecule has 0 saturated heterocycles. The molecule has 0 heterocycles. The van der Waals surface area contributed by atoms with Crippen molar-refractivity contribution in [3.8, 4) is 6.07 Å². The van der Waals surface area contributed by atoms with Gasteiger partial charge in [-0.25, -0.2) is 0 Å². The predicted molar refractivity (Wildman–Crippen MR) is 78.6 cm³/mol. The summed E-state index contributed by atoms with van der Waals surface area (Å²) in [4.78, 5) is 12.0. The van der Waals surface area contributed by atoms with Gasteiger partial charge in [-0.15, -0.1) is 0 Å². The molecule has 5 heteroatoms. The van der Waals surface area contributed by atoms with Crippen LogP contribution < -0.4 is 5.32 Å². The predicted octanol–water partition coefficient (Wildman–Crippen LogP) is 3.48. The topological polar surface area (TPSA) is 52.9 Å². The second-order valence-corrected chi connectivity index (χ2v) is 5.67. The average Bonchev–Trinajstić information content (AvgIpc) is 2.31. The number of benzene rings is 1. The third-order valence-electron chi connectivity index (χ3n) is 2.34. The molecule has 0 fully saturated rings. The van der Waals surface area contributed by atoms with Crippen molar-refractivity contribution in [1.29, 1.82) is 5.26 Å². The van der Waals surface area contributed by atoms with Gasteiger partial charge in [-0.1, -0.05) is 6.92 Å². The molecular formula is C12H12BrIN2O. The number of nitrogens with zero attached hydrogens (tertiary/aromatic N) is 1. The molecule has 0 bridgehead atoms. The minimum atomic E-state index is -0.141. The fraction of sp³-hybridized carbons (Fsp3) is 0.333. The molecule has 0 aliphatic rings. The van der Waals surface area contributed by atoms with E-state index in [1.807, 2.05) is 25.1 Å². The Morgan fingerprint density at radius 3 is 2.94 bits per heavy atom. The molecule has 0 aromatic heterocycles. The van der Waals surface area contributed by atoms with Crippen molar-refractivity contribution < 1.29 is 4.79 Å². The number of halogens is 2. The molecule has 1 amide bonds. The van der Waals surface area contributed by atoms with Crippen LogP contribution in [0.25, 0.3) is 0 Å². The van der Waals surface area contributed by atoms with Crippen LogP contribution in [0, 0.1) is 14.9 Å². The van der Waals surface area contributed by atoms with E-state index >= 15 is 0 Å². The van der Waals surface area contributed by atoms with Crippen LogP contribution in [-0.2, 0) is 0 Å². The molecule has 1 aromatic rings. The van der Waals surface area contributed by atoms with Crippen molar-refractivity contribution >= 4 is 44.4 Å². The Morgan fingerprint density at radius 2 is 2.35 bits per heavy atom. The lowest BCUT2D eigenvalue weighted by Gasteiger charge is -2.14. The first-order valence-electron chi connectivity index (χ1n) is 5.21. The third kappa shape index (κ3) is 4.28. The Hall–Kier alpha value is -0.610. The zero-order chi connectivity index (χ0) is 12.8. The quantitative estimate of drug-likeness (QED) is 0.778. The molecule has 1 unspecified atom stereocenters. The van der Waals surface area contributed by atoms with Crippen molar-refractivity contribution in [2.45, 2.75) is 25.8 Å². The fourth-order valence-corrected chi connectivity index (χ4v) is 2.26. The first-order valence-corrected chi connectivity index (χ1v) is 7.08. The molecular weight excluding hydrogens is 395 g/mol. The maximum Gasteiger partial charge on any atom is 0.252 e. The van der Waals surface area contributed by atoms with Crippen LogP contribution in [0.2, 0.25) is 0 Å². The molecule has 0 aliphatic heterocycles. The van der Waals surface area contributed by atoms with E-state index in [2.05, 4.69) is 49.9 Å². The van der Waals surface area contributed by atoms with Gasteiger partial charge in [0.05, 0.1) is 18.1 Å². The molecule has 0 saturated carbocycles. The summed E-state index contributed by atoms with van der Waals surface area (Å²) in [6.07, 6.45) is 1.09. The molecule has 17 heavy (non-hydrogen) atoms.